The normalized spacial score (nSPS) is 14.3. The van der Waals surface area contributed by atoms with E-state index >= 15 is 0 Å². The number of benzene rings is 1. The zero-order chi connectivity index (χ0) is 12.7. The number of fused-ring (bicyclic) bond motifs is 3. The van der Waals surface area contributed by atoms with Crippen molar-refractivity contribution < 1.29 is 9.90 Å². The molecule has 18 heavy (non-hydrogen) atoms. The van der Waals surface area contributed by atoms with Crippen molar-refractivity contribution in [3.8, 4) is 6.07 Å². The Balaban J connectivity index is 2.11. The Morgan fingerprint density at radius 2 is 2.33 bits per heavy atom. The number of rotatable bonds is 0. The van der Waals surface area contributed by atoms with E-state index in [1.807, 2.05) is 6.07 Å². The van der Waals surface area contributed by atoms with Crippen LogP contribution in [0.25, 0.3) is 10.9 Å². The Hall–Kier alpha value is -2.48. The van der Waals surface area contributed by atoms with Gasteiger partial charge in [-0.3, -0.25) is 0 Å². The topological polar surface area (TPSA) is 80.1 Å². The zero-order valence-electron chi connectivity index (χ0n) is 9.60. The molecule has 2 heterocycles. The van der Waals surface area contributed by atoms with E-state index in [9.17, 15) is 4.79 Å². The van der Waals surface area contributed by atoms with Gasteiger partial charge in [0.2, 0.25) is 0 Å². The number of aromatic amines is 1. The molecule has 0 atom stereocenters. The highest BCUT2D eigenvalue weighted by molar-refractivity contribution is 5.86. The van der Waals surface area contributed by atoms with Gasteiger partial charge in [0.25, 0.3) is 0 Å². The lowest BCUT2D eigenvalue weighted by atomic mass is 10.0. The lowest BCUT2D eigenvalue weighted by Gasteiger charge is -2.24. The van der Waals surface area contributed by atoms with Crippen molar-refractivity contribution in [2.75, 3.05) is 6.54 Å². The van der Waals surface area contributed by atoms with Crippen LogP contribution >= 0.6 is 0 Å². The Morgan fingerprint density at radius 1 is 1.50 bits per heavy atom. The maximum atomic E-state index is 11.0. The van der Waals surface area contributed by atoms with Crippen LogP contribution in [0, 0.1) is 11.3 Å². The third kappa shape index (κ3) is 1.51. The molecule has 0 bridgehead atoms. The Bertz CT molecular complexity index is 681. The number of hydrogen-bond acceptors (Lipinski definition) is 2. The Labute approximate surface area is 103 Å². The molecule has 3 rings (SSSR count). The molecule has 2 N–H and O–H groups in total. The van der Waals surface area contributed by atoms with Crippen molar-refractivity contribution in [3.05, 3.63) is 35.0 Å². The van der Waals surface area contributed by atoms with Gasteiger partial charge in [0.05, 0.1) is 18.2 Å². The van der Waals surface area contributed by atoms with Crippen LogP contribution < -0.4 is 0 Å². The summed E-state index contributed by atoms with van der Waals surface area (Å²) in [5, 5.41) is 18.9. The van der Waals surface area contributed by atoms with Gasteiger partial charge in [-0.05, 0) is 12.1 Å². The molecular formula is C13H11N3O2. The minimum atomic E-state index is -0.886. The van der Waals surface area contributed by atoms with Crippen molar-refractivity contribution >= 4 is 17.0 Å². The summed E-state index contributed by atoms with van der Waals surface area (Å²) in [5.41, 5.74) is 3.63. The SMILES string of the molecule is N#Cc1ccc2c3c([nH]c2c1)CCN(C(=O)O)C3. The molecule has 0 fully saturated rings. The minimum Gasteiger partial charge on any atom is -0.465 e. The first-order valence-corrected chi connectivity index (χ1v) is 5.70. The van der Waals surface area contributed by atoms with Gasteiger partial charge in [-0.1, -0.05) is 6.07 Å². The van der Waals surface area contributed by atoms with Crippen LogP contribution in [-0.2, 0) is 13.0 Å². The number of carbonyl (C=O) groups is 1. The average molecular weight is 241 g/mol. The monoisotopic (exact) mass is 241 g/mol. The number of amides is 1. The number of nitrogens with one attached hydrogen (secondary N) is 1. The predicted octanol–water partition coefficient (Wildman–Crippen LogP) is 2.08. The molecule has 1 aromatic heterocycles. The minimum absolute atomic E-state index is 0.413. The molecule has 90 valence electrons. The van der Waals surface area contributed by atoms with Crippen LogP contribution in [-0.4, -0.2) is 27.6 Å². The van der Waals surface area contributed by atoms with Gasteiger partial charge in [-0.25, -0.2) is 4.79 Å². The van der Waals surface area contributed by atoms with Gasteiger partial charge in [0.15, 0.2) is 0 Å². The first kappa shape index (κ1) is 10.7. The molecular weight excluding hydrogens is 230 g/mol. The summed E-state index contributed by atoms with van der Waals surface area (Å²) in [6, 6.07) is 7.55. The van der Waals surface area contributed by atoms with Crippen molar-refractivity contribution in [2.24, 2.45) is 0 Å². The van der Waals surface area contributed by atoms with Gasteiger partial charge in [-0.2, -0.15) is 5.26 Å². The summed E-state index contributed by atoms with van der Waals surface area (Å²) in [4.78, 5) is 15.7. The van der Waals surface area contributed by atoms with Crippen LogP contribution in [0.3, 0.4) is 0 Å². The van der Waals surface area contributed by atoms with E-state index in [0.717, 1.165) is 22.2 Å². The van der Waals surface area contributed by atoms with E-state index in [4.69, 9.17) is 10.4 Å². The molecule has 1 aliphatic rings. The van der Waals surface area contributed by atoms with E-state index in [0.29, 0.717) is 25.1 Å². The first-order valence-electron chi connectivity index (χ1n) is 5.70. The summed E-state index contributed by atoms with van der Waals surface area (Å²) in [7, 11) is 0. The van der Waals surface area contributed by atoms with E-state index in [-0.39, 0.29) is 0 Å². The van der Waals surface area contributed by atoms with Gasteiger partial charge in [-0.15, -0.1) is 0 Å². The summed E-state index contributed by atoms with van der Waals surface area (Å²) in [6.45, 7) is 0.927. The summed E-state index contributed by atoms with van der Waals surface area (Å²) in [6.07, 6.45) is -0.193. The van der Waals surface area contributed by atoms with Crippen LogP contribution in [0.15, 0.2) is 18.2 Å². The number of carboxylic acid groups (broad SMARTS) is 1. The molecule has 1 aromatic carbocycles. The average Bonchev–Trinajstić information content (AvgIpc) is 2.74. The smallest absolute Gasteiger partial charge is 0.407 e. The highest BCUT2D eigenvalue weighted by Crippen LogP contribution is 2.28. The highest BCUT2D eigenvalue weighted by Gasteiger charge is 2.23. The summed E-state index contributed by atoms with van der Waals surface area (Å²) < 4.78 is 0. The third-order valence-electron chi connectivity index (χ3n) is 3.37. The predicted molar refractivity (Wildman–Crippen MR) is 65.2 cm³/mol. The lowest BCUT2D eigenvalue weighted by Crippen LogP contribution is -2.34. The molecule has 0 saturated heterocycles. The van der Waals surface area contributed by atoms with Crippen LogP contribution in [0.4, 0.5) is 4.79 Å². The Kier molecular flexibility index (Phi) is 2.23. The molecule has 0 unspecified atom stereocenters. The van der Waals surface area contributed by atoms with Crippen LogP contribution in [0.2, 0.25) is 0 Å². The van der Waals surface area contributed by atoms with Crippen LogP contribution in [0.1, 0.15) is 16.8 Å². The third-order valence-corrected chi connectivity index (χ3v) is 3.37. The van der Waals surface area contributed by atoms with E-state index in [1.54, 1.807) is 12.1 Å². The van der Waals surface area contributed by atoms with Crippen molar-refractivity contribution in [3.63, 3.8) is 0 Å². The van der Waals surface area contributed by atoms with Crippen molar-refractivity contribution in [1.29, 1.82) is 5.26 Å². The van der Waals surface area contributed by atoms with Gasteiger partial charge in [0, 0.05) is 35.1 Å². The maximum absolute atomic E-state index is 11.0. The summed E-state index contributed by atoms with van der Waals surface area (Å²) >= 11 is 0. The molecule has 5 heteroatoms. The second kappa shape index (κ2) is 3.77. The van der Waals surface area contributed by atoms with Crippen molar-refractivity contribution in [1.82, 2.24) is 9.88 Å². The number of aromatic nitrogens is 1. The van der Waals surface area contributed by atoms with Crippen LogP contribution in [0.5, 0.6) is 0 Å². The van der Waals surface area contributed by atoms with Crippen molar-refractivity contribution in [2.45, 2.75) is 13.0 Å². The molecule has 2 aromatic rings. The largest absolute Gasteiger partial charge is 0.465 e. The maximum Gasteiger partial charge on any atom is 0.407 e. The number of hydrogen-bond donors (Lipinski definition) is 2. The molecule has 1 aliphatic heterocycles. The molecule has 0 aliphatic carbocycles. The van der Waals surface area contributed by atoms with E-state index in [1.165, 1.54) is 4.90 Å². The molecule has 5 nitrogen and oxygen atoms in total. The van der Waals surface area contributed by atoms with Gasteiger partial charge >= 0.3 is 6.09 Å². The fourth-order valence-corrected chi connectivity index (χ4v) is 2.45. The number of H-pyrrole nitrogens is 1. The number of nitriles is 1. The number of nitrogens with zero attached hydrogens (tertiary/aromatic N) is 2. The van der Waals surface area contributed by atoms with E-state index < -0.39 is 6.09 Å². The quantitative estimate of drug-likeness (QED) is 0.741. The fraction of sp³-hybridized carbons (Fsp3) is 0.231. The Morgan fingerprint density at radius 3 is 3.06 bits per heavy atom. The highest BCUT2D eigenvalue weighted by atomic mass is 16.4. The molecule has 0 radical (unpaired) electrons. The molecule has 0 spiro atoms. The fourth-order valence-electron chi connectivity index (χ4n) is 2.45. The summed E-state index contributed by atoms with van der Waals surface area (Å²) in [5.74, 6) is 0. The molecule has 1 amide bonds. The standard InChI is InChI=1S/C13H11N3O2/c14-6-8-1-2-9-10-7-16(13(17)18)4-3-11(10)15-12(9)5-8/h1-2,5,15H,3-4,7H2,(H,17,18). The first-order chi connectivity index (χ1) is 8.69. The van der Waals surface area contributed by atoms with Gasteiger partial charge in [0.1, 0.15) is 0 Å². The molecule has 0 saturated carbocycles. The zero-order valence-corrected chi connectivity index (χ0v) is 9.60. The second-order valence-corrected chi connectivity index (χ2v) is 4.41. The van der Waals surface area contributed by atoms with E-state index in [2.05, 4.69) is 11.1 Å². The lowest BCUT2D eigenvalue weighted by molar-refractivity contribution is 0.140. The van der Waals surface area contributed by atoms with Gasteiger partial charge < -0.3 is 15.0 Å². The second-order valence-electron chi connectivity index (χ2n) is 4.41.